The molecule has 2 N–H and O–H groups in total. The number of carboxylic acid groups (broad SMARTS) is 1. The van der Waals surface area contributed by atoms with Gasteiger partial charge in [-0.15, -0.1) is 0 Å². The van der Waals surface area contributed by atoms with Gasteiger partial charge in [-0.3, -0.25) is 9.59 Å². The molecule has 0 aromatic heterocycles. The zero-order valence-electron chi connectivity index (χ0n) is 11.1. The van der Waals surface area contributed by atoms with E-state index in [2.05, 4.69) is 5.32 Å². The van der Waals surface area contributed by atoms with E-state index in [4.69, 9.17) is 0 Å². The van der Waals surface area contributed by atoms with Crippen LogP contribution in [0.3, 0.4) is 0 Å². The highest BCUT2D eigenvalue weighted by Gasteiger charge is 2.30. The molecule has 1 unspecified atom stereocenters. The molecule has 0 heterocycles. The number of aliphatic carboxylic acids is 1. The molecule has 0 bridgehead atoms. The Morgan fingerprint density at radius 3 is 2.61 bits per heavy atom. The summed E-state index contributed by atoms with van der Waals surface area (Å²) in [6.07, 6.45) is 6.93. The maximum atomic E-state index is 11.8. The number of nitrogens with one attached hydrogen (secondary N) is 1. The van der Waals surface area contributed by atoms with Gasteiger partial charge >= 0.3 is 5.97 Å². The fraction of sp³-hybridized carbons (Fsp3) is 0.846. The first-order chi connectivity index (χ1) is 8.54. The van der Waals surface area contributed by atoms with Crippen LogP contribution in [0.5, 0.6) is 0 Å². The first-order valence-electron chi connectivity index (χ1n) is 6.59. The van der Waals surface area contributed by atoms with Crippen LogP contribution in [0.15, 0.2) is 0 Å². The minimum atomic E-state index is -0.778. The molecule has 1 rings (SSSR count). The molecule has 104 valence electrons. The third-order valence-corrected chi connectivity index (χ3v) is 4.53. The Morgan fingerprint density at radius 1 is 1.33 bits per heavy atom. The normalized spacial score (nSPS) is 26.1. The summed E-state index contributed by atoms with van der Waals surface area (Å²) in [5, 5.41) is 12.4. The van der Waals surface area contributed by atoms with E-state index < -0.39 is 11.9 Å². The molecule has 0 aliphatic heterocycles. The van der Waals surface area contributed by atoms with Gasteiger partial charge in [0.05, 0.1) is 5.92 Å². The van der Waals surface area contributed by atoms with Crippen LogP contribution >= 0.6 is 11.8 Å². The fourth-order valence-electron chi connectivity index (χ4n) is 2.39. The summed E-state index contributed by atoms with van der Waals surface area (Å²) >= 11 is 1.65. The average Bonchev–Trinajstić information content (AvgIpc) is 2.54. The van der Waals surface area contributed by atoms with Crippen molar-refractivity contribution in [2.24, 2.45) is 5.92 Å². The number of carboxylic acids is 1. The van der Waals surface area contributed by atoms with E-state index in [0.29, 0.717) is 12.8 Å². The van der Waals surface area contributed by atoms with Crippen molar-refractivity contribution in [1.82, 2.24) is 5.32 Å². The molecule has 18 heavy (non-hydrogen) atoms. The van der Waals surface area contributed by atoms with Gasteiger partial charge in [-0.05, 0) is 19.1 Å². The highest BCUT2D eigenvalue weighted by Crippen LogP contribution is 2.24. The molecule has 0 aromatic rings. The molecular weight excluding hydrogens is 250 g/mol. The van der Waals surface area contributed by atoms with Crippen molar-refractivity contribution < 1.29 is 14.7 Å². The molecule has 0 saturated heterocycles. The molecule has 0 aromatic carbocycles. The topological polar surface area (TPSA) is 66.4 Å². The van der Waals surface area contributed by atoms with Crippen LogP contribution in [0.1, 0.15) is 45.4 Å². The summed E-state index contributed by atoms with van der Waals surface area (Å²) in [4.78, 5) is 23.1. The molecule has 0 spiro atoms. The first-order valence-corrected chi connectivity index (χ1v) is 7.88. The Balaban J connectivity index is 2.55. The van der Waals surface area contributed by atoms with E-state index >= 15 is 0 Å². The smallest absolute Gasteiger partial charge is 0.308 e. The highest BCUT2D eigenvalue weighted by molar-refractivity contribution is 7.99. The van der Waals surface area contributed by atoms with Gasteiger partial charge in [-0.25, -0.2) is 0 Å². The quantitative estimate of drug-likeness (QED) is 0.754. The second-order valence-electron chi connectivity index (χ2n) is 5.01. The summed E-state index contributed by atoms with van der Waals surface area (Å²) < 4.78 is 0. The molecule has 1 aliphatic rings. The molecular formula is C13H23NO3S. The Kier molecular flexibility index (Phi) is 6.54. The molecule has 5 heteroatoms. The molecule has 1 amide bonds. The third kappa shape index (κ3) is 4.88. The van der Waals surface area contributed by atoms with Crippen molar-refractivity contribution >= 4 is 23.6 Å². The van der Waals surface area contributed by atoms with E-state index in [1.807, 2.05) is 13.2 Å². The maximum Gasteiger partial charge on any atom is 0.308 e. The molecule has 1 fully saturated rings. The van der Waals surface area contributed by atoms with Crippen molar-refractivity contribution in [3.8, 4) is 0 Å². The number of carbonyl (C=O) groups is 2. The van der Waals surface area contributed by atoms with Crippen molar-refractivity contribution in [2.45, 2.75) is 56.7 Å². The highest BCUT2D eigenvalue weighted by atomic mass is 32.2. The van der Waals surface area contributed by atoms with Gasteiger partial charge in [0.15, 0.2) is 0 Å². The molecule has 1 saturated carbocycles. The van der Waals surface area contributed by atoms with Crippen LogP contribution in [0.25, 0.3) is 0 Å². The summed E-state index contributed by atoms with van der Waals surface area (Å²) in [5.74, 6) is -1.21. The molecule has 4 nitrogen and oxygen atoms in total. The fourth-order valence-corrected chi connectivity index (χ4v) is 2.70. The monoisotopic (exact) mass is 273 g/mol. The van der Waals surface area contributed by atoms with E-state index in [1.165, 1.54) is 0 Å². The van der Waals surface area contributed by atoms with Gasteiger partial charge in [0.1, 0.15) is 0 Å². The predicted molar refractivity (Wildman–Crippen MR) is 73.7 cm³/mol. The van der Waals surface area contributed by atoms with Gasteiger partial charge < -0.3 is 10.4 Å². The predicted octanol–water partition coefficient (Wildman–Crippen LogP) is 2.28. The van der Waals surface area contributed by atoms with Crippen LogP contribution in [-0.4, -0.2) is 34.5 Å². The van der Waals surface area contributed by atoms with Crippen molar-refractivity contribution in [1.29, 1.82) is 0 Å². The van der Waals surface area contributed by atoms with E-state index in [0.717, 1.165) is 25.7 Å². The number of carbonyl (C=O) groups excluding carboxylic acids is 1. The maximum absolute atomic E-state index is 11.8. The summed E-state index contributed by atoms with van der Waals surface area (Å²) in [5.41, 5.74) is 0. The van der Waals surface area contributed by atoms with Crippen molar-refractivity contribution in [3.63, 3.8) is 0 Å². The lowest BCUT2D eigenvalue weighted by Gasteiger charge is -2.23. The number of hydrogen-bond acceptors (Lipinski definition) is 3. The second kappa shape index (κ2) is 7.67. The van der Waals surface area contributed by atoms with Gasteiger partial charge in [0, 0.05) is 17.7 Å². The lowest BCUT2D eigenvalue weighted by atomic mass is 9.94. The standard InChI is InChI=1S/C13H23NO3S/c1-9(18-2)8-12(15)14-11-7-5-3-4-6-10(11)13(16)17/h9-11H,3-8H2,1-2H3,(H,14,15)(H,16,17)/t9?,10-,11+/m1/s1. The Hall–Kier alpha value is -0.710. The van der Waals surface area contributed by atoms with E-state index in [1.54, 1.807) is 11.8 Å². The van der Waals surface area contributed by atoms with Crippen LogP contribution < -0.4 is 5.32 Å². The number of thioether (sulfide) groups is 1. The van der Waals surface area contributed by atoms with Gasteiger partial charge in [-0.1, -0.05) is 26.2 Å². The van der Waals surface area contributed by atoms with Crippen molar-refractivity contribution in [3.05, 3.63) is 0 Å². The minimum Gasteiger partial charge on any atom is -0.481 e. The zero-order valence-corrected chi connectivity index (χ0v) is 12.0. The average molecular weight is 273 g/mol. The van der Waals surface area contributed by atoms with E-state index in [9.17, 15) is 14.7 Å². The third-order valence-electron chi connectivity index (χ3n) is 3.55. The van der Waals surface area contributed by atoms with Gasteiger partial charge in [0.25, 0.3) is 0 Å². The lowest BCUT2D eigenvalue weighted by Crippen LogP contribution is -2.43. The molecule has 1 aliphatic carbocycles. The van der Waals surface area contributed by atoms with Crippen molar-refractivity contribution in [2.75, 3.05) is 6.26 Å². The largest absolute Gasteiger partial charge is 0.481 e. The zero-order chi connectivity index (χ0) is 13.5. The Morgan fingerprint density at radius 2 is 2.00 bits per heavy atom. The SMILES string of the molecule is CSC(C)CC(=O)N[C@H]1CCCCC[C@H]1C(=O)O. The molecule has 3 atom stereocenters. The van der Waals surface area contributed by atoms with Gasteiger partial charge in [-0.2, -0.15) is 11.8 Å². The summed E-state index contributed by atoms with van der Waals surface area (Å²) in [6.45, 7) is 2.01. The number of hydrogen-bond donors (Lipinski definition) is 2. The second-order valence-corrected chi connectivity index (χ2v) is 6.28. The summed E-state index contributed by atoms with van der Waals surface area (Å²) in [6, 6.07) is -0.188. The lowest BCUT2D eigenvalue weighted by molar-refractivity contribution is -0.143. The summed E-state index contributed by atoms with van der Waals surface area (Å²) in [7, 11) is 0. The van der Waals surface area contributed by atoms with Crippen LogP contribution in [0, 0.1) is 5.92 Å². The van der Waals surface area contributed by atoms with Crippen LogP contribution in [-0.2, 0) is 9.59 Å². The minimum absolute atomic E-state index is 0.0185. The van der Waals surface area contributed by atoms with Gasteiger partial charge in [0.2, 0.25) is 5.91 Å². The number of rotatable bonds is 5. The Bertz CT molecular complexity index is 296. The van der Waals surface area contributed by atoms with Crippen LogP contribution in [0.4, 0.5) is 0 Å². The first kappa shape index (κ1) is 15.3. The van der Waals surface area contributed by atoms with Crippen LogP contribution in [0.2, 0.25) is 0 Å². The van der Waals surface area contributed by atoms with E-state index in [-0.39, 0.29) is 17.2 Å². The Labute approximate surface area is 113 Å². The number of amides is 1. The molecule has 0 radical (unpaired) electrons.